The smallest absolute Gasteiger partial charge is 0.241 e. The molecule has 0 atom stereocenters. The average Bonchev–Trinajstić information content (AvgIpc) is 3.27. The second-order valence-electron chi connectivity index (χ2n) is 8.78. The van der Waals surface area contributed by atoms with Crippen LogP contribution in [-0.2, 0) is 17.9 Å². The number of carbonyl (C=O) groups excluding carboxylic acids is 1. The molecule has 3 heterocycles. The number of nitrogens with zero attached hydrogens (tertiary/aromatic N) is 4. The van der Waals surface area contributed by atoms with Gasteiger partial charge < -0.3 is 5.32 Å². The summed E-state index contributed by atoms with van der Waals surface area (Å²) in [6.45, 7) is 6.70. The zero-order valence-electron chi connectivity index (χ0n) is 20.1. The molecule has 5 aromatic rings. The molecule has 0 saturated heterocycles. The largest absolute Gasteiger partial charge is 0.350 e. The summed E-state index contributed by atoms with van der Waals surface area (Å²) in [4.78, 5) is 22.1. The van der Waals surface area contributed by atoms with Gasteiger partial charge in [0.15, 0.2) is 0 Å². The summed E-state index contributed by atoms with van der Waals surface area (Å²) < 4.78 is 1.70. The van der Waals surface area contributed by atoms with Crippen LogP contribution >= 0.6 is 0 Å². The highest BCUT2D eigenvalue weighted by Gasteiger charge is 2.18. The molecule has 0 unspecified atom stereocenters. The first-order valence-electron chi connectivity index (χ1n) is 11.7. The number of hydrogen-bond acceptors (Lipinski definition) is 4. The molecule has 2 aromatic carbocycles. The van der Waals surface area contributed by atoms with Crippen LogP contribution in [-0.4, -0.2) is 25.7 Å². The van der Waals surface area contributed by atoms with Crippen molar-refractivity contribution in [1.29, 1.82) is 0 Å². The zero-order chi connectivity index (χ0) is 24.4. The van der Waals surface area contributed by atoms with Crippen molar-refractivity contribution in [3.8, 4) is 22.5 Å². The van der Waals surface area contributed by atoms with E-state index in [-0.39, 0.29) is 12.5 Å². The molecule has 3 aromatic heterocycles. The molecule has 5 rings (SSSR count). The van der Waals surface area contributed by atoms with Gasteiger partial charge in [0.25, 0.3) is 0 Å². The van der Waals surface area contributed by atoms with E-state index in [0.29, 0.717) is 6.54 Å². The van der Waals surface area contributed by atoms with Gasteiger partial charge in [-0.05, 0) is 67.3 Å². The van der Waals surface area contributed by atoms with Gasteiger partial charge in [0.1, 0.15) is 12.2 Å². The summed E-state index contributed by atoms with van der Waals surface area (Å²) in [5.74, 6) is -0.0926. The molecule has 0 radical (unpaired) electrons. The Kier molecular flexibility index (Phi) is 6.10. The quantitative estimate of drug-likeness (QED) is 0.367. The molecule has 1 N–H and O–H groups in total. The fourth-order valence-electron chi connectivity index (χ4n) is 4.41. The van der Waals surface area contributed by atoms with E-state index in [1.54, 1.807) is 10.9 Å². The topological polar surface area (TPSA) is 72.7 Å². The molecule has 6 nitrogen and oxygen atoms in total. The van der Waals surface area contributed by atoms with Crippen LogP contribution in [0, 0.1) is 20.8 Å². The Balaban J connectivity index is 1.49. The van der Waals surface area contributed by atoms with Gasteiger partial charge in [-0.1, -0.05) is 42.5 Å². The summed E-state index contributed by atoms with van der Waals surface area (Å²) >= 11 is 0. The van der Waals surface area contributed by atoms with Crippen molar-refractivity contribution in [3.05, 3.63) is 102 Å². The van der Waals surface area contributed by atoms with Crippen molar-refractivity contribution < 1.29 is 4.79 Å². The van der Waals surface area contributed by atoms with E-state index in [0.717, 1.165) is 44.7 Å². The van der Waals surface area contributed by atoms with Gasteiger partial charge in [0.2, 0.25) is 5.91 Å². The number of fused-ring (bicyclic) bond motifs is 1. The molecule has 35 heavy (non-hydrogen) atoms. The summed E-state index contributed by atoms with van der Waals surface area (Å²) in [5, 5.41) is 8.89. The minimum Gasteiger partial charge on any atom is -0.350 e. The van der Waals surface area contributed by atoms with Crippen molar-refractivity contribution in [2.45, 2.75) is 33.9 Å². The van der Waals surface area contributed by atoms with Crippen molar-refractivity contribution in [3.63, 3.8) is 0 Å². The monoisotopic (exact) mass is 461 g/mol. The number of nitrogens with one attached hydrogen (secondary N) is 1. The molecule has 0 bridgehead atoms. The maximum absolute atomic E-state index is 12.9. The van der Waals surface area contributed by atoms with E-state index in [1.165, 1.54) is 11.1 Å². The number of pyridine rings is 2. The first kappa shape index (κ1) is 22.5. The Morgan fingerprint density at radius 3 is 2.46 bits per heavy atom. The lowest BCUT2D eigenvalue weighted by molar-refractivity contribution is -0.122. The summed E-state index contributed by atoms with van der Waals surface area (Å²) in [6.07, 6.45) is 3.74. The predicted molar refractivity (Wildman–Crippen MR) is 139 cm³/mol. The average molecular weight is 462 g/mol. The molecule has 0 spiro atoms. The Morgan fingerprint density at radius 2 is 1.66 bits per heavy atom. The van der Waals surface area contributed by atoms with Crippen LogP contribution in [0.2, 0.25) is 0 Å². The fraction of sp³-hybridized carbons (Fsp3) is 0.172. The Hall–Kier alpha value is -4.32. The van der Waals surface area contributed by atoms with Crippen molar-refractivity contribution in [1.82, 2.24) is 25.1 Å². The van der Waals surface area contributed by atoms with Crippen LogP contribution in [0.1, 0.15) is 22.4 Å². The first-order valence-corrected chi connectivity index (χ1v) is 11.7. The molecule has 0 aliphatic carbocycles. The molecule has 174 valence electrons. The second kappa shape index (κ2) is 9.50. The molecule has 6 heteroatoms. The third kappa shape index (κ3) is 4.68. The molecule has 0 aliphatic heterocycles. The minimum atomic E-state index is -0.0926. The Labute approximate surface area is 204 Å². The van der Waals surface area contributed by atoms with Gasteiger partial charge in [-0.15, -0.1) is 0 Å². The van der Waals surface area contributed by atoms with Crippen LogP contribution in [0.25, 0.3) is 33.4 Å². The molecule has 0 fully saturated rings. The third-order valence-electron chi connectivity index (χ3n) is 6.24. The molecule has 0 saturated carbocycles. The number of aromatic nitrogens is 4. The summed E-state index contributed by atoms with van der Waals surface area (Å²) in [6, 6.07) is 22.1. The minimum absolute atomic E-state index is 0.0926. The van der Waals surface area contributed by atoms with Crippen LogP contribution < -0.4 is 5.32 Å². The number of aryl methyl sites for hydroxylation is 3. The van der Waals surface area contributed by atoms with Gasteiger partial charge in [0, 0.05) is 35.6 Å². The standard InChI is InChI=1S/C29H27N5O/c1-19-8-6-9-20(2)24(19)16-31-28(35)18-34-17-25(29(33-34)27-13-7-10-21(3)32-27)22-14-15-30-26-12-5-4-11-23(22)26/h4-15,17H,16,18H2,1-3H3,(H,31,35). The van der Waals surface area contributed by atoms with E-state index in [9.17, 15) is 4.79 Å². The summed E-state index contributed by atoms with van der Waals surface area (Å²) in [7, 11) is 0. The van der Waals surface area contributed by atoms with Gasteiger partial charge in [-0.25, -0.2) is 0 Å². The molecule has 1 amide bonds. The predicted octanol–water partition coefficient (Wildman–Crippen LogP) is 5.40. The van der Waals surface area contributed by atoms with Gasteiger partial charge in [-0.3, -0.25) is 19.4 Å². The highest BCUT2D eigenvalue weighted by Crippen LogP contribution is 2.34. The fourth-order valence-corrected chi connectivity index (χ4v) is 4.41. The third-order valence-corrected chi connectivity index (χ3v) is 6.24. The Morgan fingerprint density at radius 1 is 0.886 bits per heavy atom. The van der Waals surface area contributed by atoms with Gasteiger partial charge in [-0.2, -0.15) is 5.10 Å². The first-order chi connectivity index (χ1) is 17.0. The highest BCUT2D eigenvalue weighted by molar-refractivity contribution is 5.97. The highest BCUT2D eigenvalue weighted by atomic mass is 16.2. The van der Waals surface area contributed by atoms with Gasteiger partial charge in [0.05, 0.1) is 11.2 Å². The second-order valence-corrected chi connectivity index (χ2v) is 8.78. The van der Waals surface area contributed by atoms with E-state index < -0.39 is 0 Å². The van der Waals surface area contributed by atoms with Crippen molar-refractivity contribution >= 4 is 16.8 Å². The molecular weight excluding hydrogens is 434 g/mol. The van der Waals surface area contributed by atoms with E-state index >= 15 is 0 Å². The van der Waals surface area contributed by atoms with Crippen LogP contribution in [0.5, 0.6) is 0 Å². The zero-order valence-corrected chi connectivity index (χ0v) is 20.1. The van der Waals surface area contributed by atoms with E-state index in [1.807, 2.05) is 61.7 Å². The normalized spacial score (nSPS) is 11.1. The van der Waals surface area contributed by atoms with Crippen molar-refractivity contribution in [2.24, 2.45) is 0 Å². The summed E-state index contributed by atoms with van der Waals surface area (Å²) in [5.41, 5.74) is 8.76. The van der Waals surface area contributed by atoms with Crippen LogP contribution in [0.4, 0.5) is 0 Å². The maximum Gasteiger partial charge on any atom is 0.241 e. The van der Waals surface area contributed by atoms with Crippen LogP contribution in [0.15, 0.2) is 79.1 Å². The van der Waals surface area contributed by atoms with E-state index in [2.05, 4.69) is 42.3 Å². The number of carbonyl (C=O) groups is 1. The number of benzene rings is 2. The van der Waals surface area contributed by atoms with E-state index in [4.69, 9.17) is 10.1 Å². The molecular formula is C29H27N5O. The van der Waals surface area contributed by atoms with Crippen molar-refractivity contribution in [2.75, 3.05) is 0 Å². The lowest BCUT2D eigenvalue weighted by atomic mass is 10.0. The lowest BCUT2D eigenvalue weighted by Gasteiger charge is -2.11. The van der Waals surface area contributed by atoms with Gasteiger partial charge >= 0.3 is 0 Å². The maximum atomic E-state index is 12.9. The SMILES string of the molecule is Cc1cccc(-c2nn(CC(=O)NCc3c(C)cccc3C)cc2-c2ccnc3ccccc23)n1. The van der Waals surface area contributed by atoms with Crippen LogP contribution in [0.3, 0.4) is 0 Å². The number of hydrogen-bond donors (Lipinski definition) is 1. The number of rotatable bonds is 6. The number of amides is 1. The Bertz CT molecular complexity index is 1510. The number of para-hydroxylation sites is 1. The molecule has 0 aliphatic rings. The lowest BCUT2D eigenvalue weighted by Crippen LogP contribution is -2.28.